The van der Waals surface area contributed by atoms with Crippen molar-refractivity contribution in [2.24, 2.45) is 0 Å². The molecule has 4 rings (SSSR count). The zero-order valence-corrected chi connectivity index (χ0v) is 14.0. The zero-order valence-electron chi connectivity index (χ0n) is 14.0. The van der Waals surface area contributed by atoms with Crippen molar-refractivity contribution < 1.29 is 8.91 Å². The fourth-order valence-corrected chi connectivity index (χ4v) is 3.24. The molecule has 2 heterocycles. The van der Waals surface area contributed by atoms with E-state index in [9.17, 15) is 4.39 Å². The number of halogens is 1. The molecule has 0 amide bonds. The van der Waals surface area contributed by atoms with E-state index in [2.05, 4.69) is 26.9 Å². The Bertz CT molecular complexity index is 675. The van der Waals surface area contributed by atoms with Crippen LogP contribution < -0.4 is 0 Å². The number of piperazine rings is 1. The van der Waals surface area contributed by atoms with Crippen molar-refractivity contribution in [3.05, 3.63) is 47.4 Å². The van der Waals surface area contributed by atoms with Gasteiger partial charge in [0.1, 0.15) is 5.82 Å². The molecule has 1 aromatic heterocycles. The number of nitrogens with zero attached hydrogens (tertiary/aromatic N) is 4. The largest absolute Gasteiger partial charge is 0.338 e. The predicted octanol–water partition coefficient (Wildman–Crippen LogP) is 2.96. The van der Waals surface area contributed by atoms with Gasteiger partial charge in [-0.1, -0.05) is 17.3 Å². The van der Waals surface area contributed by atoms with Gasteiger partial charge in [-0.2, -0.15) is 4.98 Å². The number of aromatic nitrogens is 2. The van der Waals surface area contributed by atoms with Crippen LogP contribution in [0.4, 0.5) is 4.39 Å². The first-order valence-corrected chi connectivity index (χ1v) is 8.73. The summed E-state index contributed by atoms with van der Waals surface area (Å²) in [7, 11) is 0. The molecule has 1 saturated carbocycles. The molecular formula is C18H23FN4O. The monoisotopic (exact) mass is 330 g/mol. The standard InChI is InChI=1S/C18H23FN4O/c1-13(18-20-17(21-24-18)15-4-5-15)23-10-8-22(9-11-23)12-14-2-6-16(19)7-3-14/h2-3,6-7,13,15H,4-5,8-12H2,1H3/t13-/m1/s1. The Labute approximate surface area is 141 Å². The Kier molecular flexibility index (Phi) is 4.33. The molecule has 1 saturated heterocycles. The topological polar surface area (TPSA) is 45.4 Å². The molecule has 2 aliphatic rings. The summed E-state index contributed by atoms with van der Waals surface area (Å²) in [5, 5.41) is 4.12. The van der Waals surface area contributed by atoms with Gasteiger partial charge in [0.25, 0.3) is 0 Å². The number of rotatable bonds is 5. The number of hydrogen-bond acceptors (Lipinski definition) is 5. The highest BCUT2D eigenvalue weighted by Crippen LogP contribution is 2.38. The highest BCUT2D eigenvalue weighted by atomic mass is 19.1. The lowest BCUT2D eigenvalue weighted by atomic mass is 10.1. The van der Waals surface area contributed by atoms with Crippen molar-refractivity contribution in [2.45, 2.75) is 38.3 Å². The maximum Gasteiger partial charge on any atom is 0.243 e. The average molecular weight is 330 g/mol. The van der Waals surface area contributed by atoms with Crippen molar-refractivity contribution in [3.63, 3.8) is 0 Å². The molecule has 1 aromatic carbocycles. The van der Waals surface area contributed by atoms with E-state index in [4.69, 9.17) is 4.52 Å². The summed E-state index contributed by atoms with van der Waals surface area (Å²) >= 11 is 0. The maximum atomic E-state index is 13.0. The molecule has 2 fully saturated rings. The van der Waals surface area contributed by atoms with Gasteiger partial charge in [0.2, 0.25) is 5.89 Å². The molecule has 24 heavy (non-hydrogen) atoms. The van der Waals surface area contributed by atoms with Crippen LogP contribution in [0, 0.1) is 5.82 Å². The van der Waals surface area contributed by atoms with E-state index in [1.54, 1.807) is 0 Å². The lowest BCUT2D eigenvalue weighted by Gasteiger charge is -2.36. The average Bonchev–Trinajstić information content (AvgIpc) is 3.34. The van der Waals surface area contributed by atoms with Crippen molar-refractivity contribution in [1.29, 1.82) is 0 Å². The Hall–Kier alpha value is -1.79. The quantitative estimate of drug-likeness (QED) is 0.843. The van der Waals surface area contributed by atoms with Crippen LogP contribution >= 0.6 is 0 Å². The molecule has 6 heteroatoms. The smallest absolute Gasteiger partial charge is 0.243 e. The first-order valence-electron chi connectivity index (χ1n) is 8.73. The van der Waals surface area contributed by atoms with E-state index in [-0.39, 0.29) is 11.9 Å². The molecular weight excluding hydrogens is 307 g/mol. The lowest BCUT2D eigenvalue weighted by molar-refractivity contribution is 0.0845. The lowest BCUT2D eigenvalue weighted by Crippen LogP contribution is -2.46. The minimum atomic E-state index is -0.178. The Morgan fingerprint density at radius 2 is 1.88 bits per heavy atom. The van der Waals surface area contributed by atoms with Gasteiger partial charge >= 0.3 is 0 Å². The first kappa shape index (κ1) is 15.7. The second kappa shape index (κ2) is 6.61. The normalized spacial score (nSPS) is 21.1. The van der Waals surface area contributed by atoms with Crippen LogP contribution in [0.2, 0.25) is 0 Å². The molecule has 0 bridgehead atoms. The minimum absolute atomic E-state index is 0.165. The van der Waals surface area contributed by atoms with E-state index in [1.807, 2.05) is 12.1 Å². The molecule has 0 unspecified atom stereocenters. The molecule has 1 atom stereocenters. The van der Waals surface area contributed by atoms with Gasteiger partial charge in [-0.25, -0.2) is 4.39 Å². The molecule has 0 radical (unpaired) electrons. The minimum Gasteiger partial charge on any atom is -0.338 e. The molecule has 5 nitrogen and oxygen atoms in total. The van der Waals surface area contributed by atoms with Crippen molar-refractivity contribution in [3.8, 4) is 0 Å². The van der Waals surface area contributed by atoms with Crippen LogP contribution in [0.25, 0.3) is 0 Å². The van der Waals surface area contributed by atoms with Crippen LogP contribution in [-0.4, -0.2) is 46.1 Å². The van der Waals surface area contributed by atoms with Crippen LogP contribution in [0.3, 0.4) is 0 Å². The summed E-state index contributed by atoms with van der Waals surface area (Å²) in [5.74, 6) is 1.97. The van der Waals surface area contributed by atoms with Crippen molar-refractivity contribution in [2.75, 3.05) is 26.2 Å². The molecule has 0 N–H and O–H groups in total. The van der Waals surface area contributed by atoms with Gasteiger partial charge in [0.05, 0.1) is 6.04 Å². The Balaban J connectivity index is 1.30. The first-order chi connectivity index (χ1) is 11.7. The van der Waals surface area contributed by atoms with Gasteiger partial charge in [0, 0.05) is 38.6 Å². The summed E-state index contributed by atoms with van der Waals surface area (Å²) in [6, 6.07) is 6.95. The zero-order chi connectivity index (χ0) is 16.5. The van der Waals surface area contributed by atoms with E-state index in [0.29, 0.717) is 5.92 Å². The Morgan fingerprint density at radius 3 is 2.54 bits per heavy atom. The summed E-state index contributed by atoms with van der Waals surface area (Å²) in [6.07, 6.45) is 2.38. The third kappa shape index (κ3) is 3.49. The number of hydrogen-bond donors (Lipinski definition) is 0. The molecule has 128 valence electrons. The summed E-state index contributed by atoms with van der Waals surface area (Å²) < 4.78 is 18.4. The van der Waals surface area contributed by atoms with E-state index < -0.39 is 0 Å². The second-order valence-corrected chi connectivity index (χ2v) is 6.88. The molecule has 1 aliphatic carbocycles. The van der Waals surface area contributed by atoms with Gasteiger partial charge in [-0.3, -0.25) is 9.80 Å². The summed E-state index contributed by atoms with van der Waals surface area (Å²) in [6.45, 7) is 6.94. The fourth-order valence-electron chi connectivity index (χ4n) is 3.24. The van der Waals surface area contributed by atoms with E-state index >= 15 is 0 Å². The predicted molar refractivity (Wildman–Crippen MR) is 87.9 cm³/mol. The molecule has 2 aromatic rings. The van der Waals surface area contributed by atoms with Crippen LogP contribution in [0.15, 0.2) is 28.8 Å². The van der Waals surface area contributed by atoms with Gasteiger partial charge in [0.15, 0.2) is 5.82 Å². The summed E-state index contributed by atoms with van der Waals surface area (Å²) in [5.41, 5.74) is 1.16. The second-order valence-electron chi connectivity index (χ2n) is 6.88. The third-order valence-corrected chi connectivity index (χ3v) is 5.03. The SMILES string of the molecule is C[C@H](c1nc(C2CC2)no1)N1CCN(Cc2ccc(F)cc2)CC1. The van der Waals surface area contributed by atoms with Crippen molar-refractivity contribution >= 4 is 0 Å². The van der Waals surface area contributed by atoms with Gasteiger partial charge < -0.3 is 4.52 Å². The van der Waals surface area contributed by atoms with Crippen LogP contribution in [0.1, 0.15) is 49.0 Å². The van der Waals surface area contributed by atoms with E-state index in [1.165, 1.54) is 25.0 Å². The Morgan fingerprint density at radius 1 is 1.17 bits per heavy atom. The van der Waals surface area contributed by atoms with Crippen LogP contribution in [-0.2, 0) is 6.54 Å². The molecule has 0 spiro atoms. The molecule has 1 aliphatic heterocycles. The highest BCUT2D eigenvalue weighted by molar-refractivity contribution is 5.16. The highest BCUT2D eigenvalue weighted by Gasteiger charge is 2.31. The van der Waals surface area contributed by atoms with Crippen molar-refractivity contribution in [1.82, 2.24) is 19.9 Å². The van der Waals surface area contributed by atoms with Gasteiger partial charge in [-0.05, 0) is 37.5 Å². The summed E-state index contributed by atoms with van der Waals surface area (Å²) in [4.78, 5) is 9.37. The fraction of sp³-hybridized carbons (Fsp3) is 0.556. The number of benzene rings is 1. The van der Waals surface area contributed by atoms with Gasteiger partial charge in [-0.15, -0.1) is 0 Å². The van der Waals surface area contributed by atoms with Crippen LogP contribution in [0.5, 0.6) is 0 Å². The maximum absolute atomic E-state index is 13.0. The van der Waals surface area contributed by atoms with E-state index in [0.717, 1.165) is 50.0 Å². The third-order valence-electron chi connectivity index (χ3n) is 5.03.